The highest BCUT2D eigenvalue weighted by Crippen LogP contribution is 2.42. The summed E-state index contributed by atoms with van der Waals surface area (Å²) in [6.45, 7) is 3.95. The van der Waals surface area contributed by atoms with Crippen molar-refractivity contribution in [3.8, 4) is 0 Å². The van der Waals surface area contributed by atoms with E-state index in [9.17, 15) is 17.6 Å². The fourth-order valence-corrected chi connectivity index (χ4v) is 6.38. The quantitative estimate of drug-likeness (QED) is 0.306. The van der Waals surface area contributed by atoms with Crippen LogP contribution < -0.4 is 4.72 Å². The molecule has 0 radical (unpaired) electrons. The number of hydrogen-bond acceptors (Lipinski definition) is 8. The van der Waals surface area contributed by atoms with E-state index in [1.807, 2.05) is 0 Å². The number of fused-ring (bicyclic) bond motifs is 1. The van der Waals surface area contributed by atoms with Crippen LogP contribution in [0.5, 0.6) is 0 Å². The normalized spacial score (nSPS) is 19.9. The lowest BCUT2D eigenvalue weighted by molar-refractivity contribution is -0.136. The summed E-state index contributed by atoms with van der Waals surface area (Å²) in [5, 5.41) is 2.19. The Bertz CT molecular complexity index is 1430. The molecule has 2 heterocycles. The Hall–Kier alpha value is -2.99. The number of aliphatic imine (C=N–C) groups is 2. The third-order valence-electron chi connectivity index (χ3n) is 5.89. The van der Waals surface area contributed by atoms with Crippen molar-refractivity contribution in [2.24, 2.45) is 9.98 Å². The summed E-state index contributed by atoms with van der Waals surface area (Å²) in [5.41, 5.74) is 1.12. The van der Waals surface area contributed by atoms with E-state index in [1.54, 1.807) is 35.6 Å². The summed E-state index contributed by atoms with van der Waals surface area (Å²) >= 11 is 7.62. The maximum atomic E-state index is 13.8. The summed E-state index contributed by atoms with van der Waals surface area (Å²) in [6.07, 6.45) is 0.181. The van der Waals surface area contributed by atoms with Crippen molar-refractivity contribution in [1.29, 1.82) is 0 Å². The molecule has 1 N–H and O–H groups in total. The topological polar surface area (TPSA) is 100 Å². The van der Waals surface area contributed by atoms with Crippen LogP contribution in [0.4, 0.5) is 4.39 Å². The number of amidine groups is 1. The van der Waals surface area contributed by atoms with Gasteiger partial charge in [0.15, 0.2) is 5.84 Å². The van der Waals surface area contributed by atoms with Crippen LogP contribution in [0, 0.1) is 5.82 Å². The fourth-order valence-electron chi connectivity index (χ4n) is 4.33. The van der Waals surface area contributed by atoms with Gasteiger partial charge in [0.1, 0.15) is 16.9 Å². The van der Waals surface area contributed by atoms with Crippen molar-refractivity contribution in [2.45, 2.75) is 23.4 Å². The van der Waals surface area contributed by atoms with E-state index in [1.165, 1.54) is 43.1 Å². The number of esters is 1. The Balaban J connectivity index is 1.83. The van der Waals surface area contributed by atoms with Crippen LogP contribution in [-0.2, 0) is 19.6 Å². The Morgan fingerprint density at radius 1 is 1.32 bits per heavy atom. The minimum Gasteiger partial charge on any atom is -0.466 e. The van der Waals surface area contributed by atoms with Gasteiger partial charge in [-0.2, -0.15) is 0 Å². The number of carbonyl (C=O) groups excluding carboxylic acids is 1. The molecule has 194 valence electrons. The van der Waals surface area contributed by atoms with E-state index in [4.69, 9.17) is 21.3 Å². The molecule has 2 aromatic rings. The number of halogens is 2. The Morgan fingerprint density at radius 3 is 2.68 bits per heavy atom. The van der Waals surface area contributed by atoms with Gasteiger partial charge in [-0.25, -0.2) is 22.3 Å². The molecule has 0 unspecified atom stereocenters. The van der Waals surface area contributed by atoms with Gasteiger partial charge in [0.2, 0.25) is 10.0 Å². The number of nitrogens with zero attached hydrogens (tertiary/aromatic N) is 3. The first-order valence-corrected chi connectivity index (χ1v) is 13.9. The zero-order chi connectivity index (χ0) is 26.7. The molecule has 2 aliphatic rings. The number of thioether (sulfide) groups is 1. The molecular formula is C25H24ClFN4O4S2. The smallest absolute Gasteiger partial charge is 0.338 e. The summed E-state index contributed by atoms with van der Waals surface area (Å²) in [4.78, 5) is 24.1. The maximum absolute atomic E-state index is 13.8. The largest absolute Gasteiger partial charge is 0.466 e. The number of benzene rings is 2. The molecule has 2 atom stereocenters. The van der Waals surface area contributed by atoms with Gasteiger partial charge in [0.05, 0.1) is 17.6 Å². The van der Waals surface area contributed by atoms with E-state index in [2.05, 4.69) is 16.3 Å². The summed E-state index contributed by atoms with van der Waals surface area (Å²) in [6, 6.07) is 10.4. The molecule has 8 nitrogen and oxygen atoms in total. The van der Waals surface area contributed by atoms with Gasteiger partial charge in [0.25, 0.3) is 0 Å². The minimum absolute atomic E-state index is 0.0919. The second kappa shape index (κ2) is 11.2. The van der Waals surface area contributed by atoms with Gasteiger partial charge in [-0.1, -0.05) is 54.2 Å². The lowest BCUT2D eigenvalue weighted by Gasteiger charge is -2.32. The van der Waals surface area contributed by atoms with Gasteiger partial charge < -0.3 is 9.64 Å². The number of methoxy groups -OCH3 is 1. The molecule has 1 fully saturated rings. The van der Waals surface area contributed by atoms with Crippen LogP contribution in [0.3, 0.4) is 0 Å². The van der Waals surface area contributed by atoms with Gasteiger partial charge in [-0.15, -0.1) is 0 Å². The standard InChI is InChI=1S/C25H24ClFN4O4S2/c1-4-36-24(28-2)23-29-22(18-11-10-15(27)12-19(18)26)21(25(32)35-3)20-13-16(14-31(20)23)30-37(33,34)17-8-6-5-7-9-17/h4-12,16,22,30H,1,13-14H2,2-3H3/t16-,22-/m0/s1. The fraction of sp³-hybridized carbons (Fsp3) is 0.240. The highest BCUT2D eigenvalue weighted by molar-refractivity contribution is 8.18. The van der Waals surface area contributed by atoms with Crippen molar-refractivity contribution < 1.29 is 22.3 Å². The molecule has 37 heavy (non-hydrogen) atoms. The van der Waals surface area contributed by atoms with Gasteiger partial charge in [-0.05, 0) is 29.7 Å². The highest BCUT2D eigenvalue weighted by Gasteiger charge is 2.43. The third-order valence-corrected chi connectivity index (χ3v) is 8.51. The van der Waals surface area contributed by atoms with Crippen molar-refractivity contribution >= 4 is 50.2 Å². The van der Waals surface area contributed by atoms with Crippen LogP contribution >= 0.6 is 23.4 Å². The van der Waals surface area contributed by atoms with Crippen LogP contribution in [0.25, 0.3) is 0 Å². The van der Waals surface area contributed by atoms with E-state index in [-0.39, 0.29) is 28.5 Å². The maximum Gasteiger partial charge on any atom is 0.338 e. The van der Waals surface area contributed by atoms with E-state index in [0.29, 0.717) is 22.1 Å². The molecule has 1 saturated heterocycles. The van der Waals surface area contributed by atoms with Gasteiger partial charge in [0, 0.05) is 42.3 Å². The number of sulfonamides is 1. The van der Waals surface area contributed by atoms with Crippen LogP contribution in [0.15, 0.2) is 86.7 Å². The van der Waals surface area contributed by atoms with E-state index >= 15 is 0 Å². The van der Waals surface area contributed by atoms with Crippen molar-refractivity contribution in [2.75, 3.05) is 20.7 Å². The van der Waals surface area contributed by atoms with Crippen LogP contribution in [0.1, 0.15) is 18.0 Å². The molecule has 4 rings (SSSR count). The summed E-state index contributed by atoms with van der Waals surface area (Å²) < 4.78 is 47.7. The van der Waals surface area contributed by atoms with Crippen LogP contribution in [-0.4, -0.2) is 56.9 Å². The Labute approximate surface area is 224 Å². The monoisotopic (exact) mass is 562 g/mol. The Morgan fingerprint density at radius 2 is 2.05 bits per heavy atom. The second-order valence-corrected chi connectivity index (χ2v) is 11.2. The van der Waals surface area contributed by atoms with E-state index < -0.39 is 33.9 Å². The predicted molar refractivity (Wildman–Crippen MR) is 144 cm³/mol. The zero-order valence-electron chi connectivity index (χ0n) is 20.0. The number of nitrogens with one attached hydrogen (secondary N) is 1. The first kappa shape index (κ1) is 27.1. The molecule has 0 amide bonds. The number of carbonyl (C=O) groups is 1. The van der Waals surface area contributed by atoms with Crippen molar-refractivity contribution in [1.82, 2.24) is 9.62 Å². The van der Waals surface area contributed by atoms with Gasteiger partial charge in [-0.3, -0.25) is 9.98 Å². The molecule has 2 aromatic carbocycles. The molecule has 0 spiro atoms. The van der Waals surface area contributed by atoms with Crippen molar-refractivity contribution in [3.63, 3.8) is 0 Å². The molecular weight excluding hydrogens is 539 g/mol. The van der Waals surface area contributed by atoms with Crippen LogP contribution in [0.2, 0.25) is 5.02 Å². The number of ether oxygens (including phenoxy) is 1. The molecule has 0 aliphatic carbocycles. The second-order valence-electron chi connectivity index (χ2n) is 8.13. The average Bonchev–Trinajstić information content (AvgIpc) is 3.29. The third kappa shape index (κ3) is 5.49. The summed E-state index contributed by atoms with van der Waals surface area (Å²) in [5.74, 6) is -0.759. The predicted octanol–water partition coefficient (Wildman–Crippen LogP) is 4.32. The lowest BCUT2D eigenvalue weighted by atomic mass is 9.94. The Kier molecular flexibility index (Phi) is 8.17. The molecule has 0 saturated carbocycles. The number of hydrogen-bond donors (Lipinski definition) is 1. The first-order valence-electron chi connectivity index (χ1n) is 11.1. The molecule has 0 bridgehead atoms. The highest BCUT2D eigenvalue weighted by atomic mass is 35.5. The average molecular weight is 563 g/mol. The minimum atomic E-state index is -3.83. The van der Waals surface area contributed by atoms with Crippen molar-refractivity contribution in [3.05, 3.63) is 88.2 Å². The lowest BCUT2D eigenvalue weighted by Crippen LogP contribution is -2.41. The molecule has 2 aliphatic heterocycles. The zero-order valence-corrected chi connectivity index (χ0v) is 22.4. The van der Waals surface area contributed by atoms with Gasteiger partial charge >= 0.3 is 5.97 Å². The molecule has 0 aromatic heterocycles. The summed E-state index contributed by atoms with van der Waals surface area (Å²) in [7, 11) is -0.984. The van der Waals surface area contributed by atoms with E-state index in [0.717, 1.165) is 6.07 Å². The molecule has 12 heteroatoms. The number of rotatable bonds is 7. The first-order chi connectivity index (χ1) is 17.7. The SMILES string of the molecule is C=CSC(=NC)C1=N[C@@H](c2ccc(F)cc2Cl)C(C(=O)OC)=C2C[C@H](NS(=O)(=O)c3ccccc3)CN12.